The van der Waals surface area contributed by atoms with Gasteiger partial charge in [0.25, 0.3) is 5.91 Å². The summed E-state index contributed by atoms with van der Waals surface area (Å²) in [6.07, 6.45) is 5.25. The molecule has 9 heteroatoms. The summed E-state index contributed by atoms with van der Waals surface area (Å²) in [6, 6.07) is 9.93. The smallest absolute Gasteiger partial charge is 0.273 e. The maximum absolute atomic E-state index is 12.3. The summed E-state index contributed by atoms with van der Waals surface area (Å²) in [6.45, 7) is 2.19. The van der Waals surface area contributed by atoms with E-state index in [0.717, 1.165) is 31.5 Å². The number of nitrogens with one attached hydrogen (secondary N) is 2. The third-order valence-electron chi connectivity index (χ3n) is 4.43. The van der Waals surface area contributed by atoms with Gasteiger partial charge >= 0.3 is 0 Å². The first-order chi connectivity index (χ1) is 12.8. The quantitative estimate of drug-likeness (QED) is 0.695. The van der Waals surface area contributed by atoms with Crippen LogP contribution in [0.4, 0.5) is 0 Å². The van der Waals surface area contributed by atoms with E-state index in [9.17, 15) is 4.79 Å². The number of piperidine rings is 1. The molecule has 0 aliphatic carbocycles. The van der Waals surface area contributed by atoms with Crippen LogP contribution in [0, 0.1) is 0 Å². The van der Waals surface area contributed by atoms with Crippen LogP contribution >= 0.6 is 12.4 Å². The molecule has 1 saturated heterocycles. The second-order valence-electron chi connectivity index (χ2n) is 6.26. The molecule has 0 saturated carbocycles. The van der Waals surface area contributed by atoms with Crippen LogP contribution in [0.1, 0.15) is 35.1 Å². The summed E-state index contributed by atoms with van der Waals surface area (Å²) in [5.74, 6) is 0.265. The number of hydrogen-bond donors (Lipinski definition) is 2. The van der Waals surface area contributed by atoms with Gasteiger partial charge < -0.3 is 15.1 Å². The van der Waals surface area contributed by atoms with Gasteiger partial charge in [-0.3, -0.25) is 4.79 Å². The lowest BCUT2D eigenvalue weighted by molar-refractivity contribution is 0.0945. The van der Waals surface area contributed by atoms with E-state index >= 15 is 0 Å². The highest BCUT2D eigenvalue weighted by molar-refractivity contribution is 5.91. The SMILES string of the molecule is Cl.O=C(NCc1coc(-c2ccccc2)n1)c1cn(C2CCNCC2)nn1. The van der Waals surface area contributed by atoms with Gasteiger partial charge in [0.1, 0.15) is 6.26 Å². The van der Waals surface area contributed by atoms with Gasteiger partial charge in [-0.25, -0.2) is 9.67 Å². The van der Waals surface area contributed by atoms with Gasteiger partial charge in [-0.05, 0) is 38.1 Å². The lowest BCUT2D eigenvalue weighted by atomic mass is 10.1. The third-order valence-corrected chi connectivity index (χ3v) is 4.43. The Morgan fingerprint density at radius 2 is 2.04 bits per heavy atom. The predicted molar refractivity (Wildman–Crippen MR) is 102 cm³/mol. The van der Waals surface area contributed by atoms with Gasteiger partial charge in [-0.1, -0.05) is 23.4 Å². The highest BCUT2D eigenvalue weighted by atomic mass is 35.5. The molecule has 4 rings (SSSR count). The van der Waals surface area contributed by atoms with E-state index in [1.165, 1.54) is 0 Å². The zero-order valence-corrected chi connectivity index (χ0v) is 15.5. The average Bonchev–Trinajstić information content (AvgIpc) is 3.37. The number of oxazole rings is 1. The van der Waals surface area contributed by atoms with E-state index in [1.807, 2.05) is 30.3 Å². The number of aromatic nitrogens is 4. The minimum Gasteiger partial charge on any atom is -0.444 e. The molecule has 8 nitrogen and oxygen atoms in total. The van der Waals surface area contributed by atoms with Crippen LogP contribution in [0.25, 0.3) is 11.5 Å². The molecule has 0 unspecified atom stereocenters. The van der Waals surface area contributed by atoms with E-state index in [-0.39, 0.29) is 24.9 Å². The molecule has 2 aromatic heterocycles. The first-order valence-corrected chi connectivity index (χ1v) is 8.70. The Bertz CT molecular complexity index is 873. The first kappa shape index (κ1) is 19.1. The molecule has 142 valence electrons. The summed E-state index contributed by atoms with van der Waals surface area (Å²) >= 11 is 0. The first-order valence-electron chi connectivity index (χ1n) is 8.70. The fourth-order valence-electron chi connectivity index (χ4n) is 2.99. The van der Waals surface area contributed by atoms with Crippen molar-refractivity contribution in [1.82, 2.24) is 30.6 Å². The maximum atomic E-state index is 12.3. The van der Waals surface area contributed by atoms with Crippen molar-refractivity contribution in [1.29, 1.82) is 0 Å². The van der Waals surface area contributed by atoms with Crippen LogP contribution in [0.5, 0.6) is 0 Å². The fourth-order valence-corrected chi connectivity index (χ4v) is 2.99. The number of carbonyl (C=O) groups is 1. The molecule has 3 aromatic rings. The molecule has 0 spiro atoms. The Balaban J connectivity index is 0.00000210. The van der Waals surface area contributed by atoms with Gasteiger partial charge in [-0.15, -0.1) is 17.5 Å². The number of hydrogen-bond acceptors (Lipinski definition) is 6. The molecule has 27 heavy (non-hydrogen) atoms. The molecule has 1 fully saturated rings. The highest BCUT2D eigenvalue weighted by Gasteiger charge is 2.19. The van der Waals surface area contributed by atoms with Crippen LogP contribution in [0.3, 0.4) is 0 Å². The van der Waals surface area contributed by atoms with Crippen LogP contribution in [-0.2, 0) is 6.54 Å². The molecule has 1 aromatic carbocycles. The summed E-state index contributed by atoms with van der Waals surface area (Å²) < 4.78 is 7.26. The Hall–Kier alpha value is -2.71. The van der Waals surface area contributed by atoms with Gasteiger partial charge in [-0.2, -0.15) is 0 Å². The van der Waals surface area contributed by atoms with Crippen molar-refractivity contribution in [2.45, 2.75) is 25.4 Å². The molecular formula is C18H21ClN6O2. The standard InChI is InChI=1S/C18H20N6O2.ClH/c25-17(16-11-24(23-22-16)15-6-8-19-9-7-15)20-10-14-12-26-18(21-14)13-4-2-1-3-5-13;/h1-5,11-12,15,19H,6-10H2,(H,20,25);1H. The number of amides is 1. The van der Waals surface area contributed by atoms with Crippen LogP contribution < -0.4 is 10.6 Å². The summed E-state index contributed by atoms with van der Waals surface area (Å²) in [5.41, 5.74) is 1.87. The second-order valence-corrected chi connectivity index (χ2v) is 6.26. The lowest BCUT2D eigenvalue weighted by Crippen LogP contribution is -2.29. The van der Waals surface area contributed by atoms with E-state index < -0.39 is 0 Å². The minimum atomic E-state index is -0.269. The van der Waals surface area contributed by atoms with Crippen molar-refractivity contribution < 1.29 is 9.21 Å². The second kappa shape index (κ2) is 8.79. The average molecular weight is 389 g/mol. The van der Waals surface area contributed by atoms with Gasteiger partial charge in [0.2, 0.25) is 5.89 Å². The molecule has 1 aliphatic rings. The van der Waals surface area contributed by atoms with Gasteiger partial charge in [0.15, 0.2) is 5.69 Å². The van der Waals surface area contributed by atoms with Crippen molar-refractivity contribution >= 4 is 18.3 Å². The normalized spacial score (nSPS) is 14.5. The highest BCUT2D eigenvalue weighted by Crippen LogP contribution is 2.18. The summed E-state index contributed by atoms with van der Waals surface area (Å²) in [7, 11) is 0. The maximum Gasteiger partial charge on any atom is 0.273 e. The van der Waals surface area contributed by atoms with E-state index in [2.05, 4.69) is 25.9 Å². The predicted octanol–water partition coefficient (Wildman–Crippen LogP) is 2.21. The van der Waals surface area contributed by atoms with Crippen molar-refractivity contribution in [3.63, 3.8) is 0 Å². The lowest BCUT2D eigenvalue weighted by Gasteiger charge is -2.22. The largest absolute Gasteiger partial charge is 0.444 e. The molecular weight excluding hydrogens is 368 g/mol. The molecule has 0 radical (unpaired) electrons. The Morgan fingerprint density at radius 3 is 2.81 bits per heavy atom. The fraction of sp³-hybridized carbons (Fsp3) is 0.333. The van der Waals surface area contributed by atoms with E-state index in [4.69, 9.17) is 4.42 Å². The van der Waals surface area contributed by atoms with Gasteiger partial charge in [0.05, 0.1) is 24.5 Å². The topological polar surface area (TPSA) is 97.9 Å². The molecule has 0 bridgehead atoms. The number of rotatable bonds is 5. The third kappa shape index (κ3) is 4.53. The van der Waals surface area contributed by atoms with Crippen molar-refractivity contribution in [3.05, 3.63) is 54.2 Å². The zero-order chi connectivity index (χ0) is 17.8. The van der Waals surface area contributed by atoms with Gasteiger partial charge in [0, 0.05) is 5.56 Å². The Morgan fingerprint density at radius 1 is 1.26 bits per heavy atom. The van der Waals surface area contributed by atoms with Crippen LogP contribution in [0.15, 0.2) is 47.2 Å². The van der Waals surface area contributed by atoms with E-state index in [0.29, 0.717) is 23.3 Å². The van der Waals surface area contributed by atoms with E-state index in [1.54, 1.807) is 17.1 Å². The molecule has 1 amide bonds. The van der Waals surface area contributed by atoms with Crippen molar-refractivity contribution in [3.8, 4) is 11.5 Å². The monoisotopic (exact) mass is 388 g/mol. The van der Waals surface area contributed by atoms with Crippen LogP contribution in [0.2, 0.25) is 0 Å². The van der Waals surface area contributed by atoms with Crippen LogP contribution in [-0.4, -0.2) is 39.0 Å². The Kier molecular flexibility index (Phi) is 6.20. The molecule has 1 aliphatic heterocycles. The Labute approximate surface area is 162 Å². The summed E-state index contributed by atoms with van der Waals surface area (Å²) in [4.78, 5) is 16.7. The minimum absolute atomic E-state index is 0. The number of carbonyl (C=O) groups excluding carboxylic acids is 1. The number of halogens is 1. The zero-order valence-electron chi connectivity index (χ0n) is 14.7. The summed E-state index contributed by atoms with van der Waals surface area (Å²) in [5, 5.41) is 14.2. The van der Waals surface area contributed by atoms with Crippen molar-refractivity contribution in [2.75, 3.05) is 13.1 Å². The number of benzene rings is 1. The molecule has 0 atom stereocenters. The number of nitrogens with zero attached hydrogens (tertiary/aromatic N) is 4. The molecule has 2 N–H and O–H groups in total. The molecule has 3 heterocycles. The van der Waals surface area contributed by atoms with Crippen molar-refractivity contribution in [2.24, 2.45) is 0 Å².